The van der Waals surface area contributed by atoms with Crippen LogP contribution in [0.25, 0.3) is 0 Å². The van der Waals surface area contributed by atoms with Gasteiger partial charge in [-0.15, -0.1) is 0 Å². The Labute approximate surface area is 135 Å². The van der Waals surface area contributed by atoms with Crippen molar-refractivity contribution < 1.29 is 0 Å². The minimum atomic E-state index is 0.147. The normalized spacial score (nSPS) is 12.3. The van der Waals surface area contributed by atoms with Crippen LogP contribution in [0, 0.1) is 6.92 Å². The van der Waals surface area contributed by atoms with Crippen molar-refractivity contribution >= 4 is 49.1 Å². The van der Waals surface area contributed by atoms with Crippen molar-refractivity contribution in [3.8, 4) is 0 Å². The molecule has 0 amide bonds. The van der Waals surface area contributed by atoms with Crippen molar-refractivity contribution in [3.05, 3.63) is 61.5 Å². The van der Waals surface area contributed by atoms with Gasteiger partial charge < -0.3 is 5.32 Å². The molecule has 0 aromatic heterocycles. The lowest BCUT2D eigenvalue weighted by Gasteiger charge is -2.19. The van der Waals surface area contributed by atoms with E-state index in [1.807, 2.05) is 30.3 Å². The molecule has 0 aliphatic carbocycles. The van der Waals surface area contributed by atoms with Crippen LogP contribution in [0.3, 0.4) is 0 Å². The summed E-state index contributed by atoms with van der Waals surface area (Å²) in [6, 6.07) is 12.2. The van der Waals surface area contributed by atoms with Gasteiger partial charge in [0.25, 0.3) is 0 Å². The highest BCUT2D eigenvalue weighted by molar-refractivity contribution is 9.10. The minimum absolute atomic E-state index is 0.147. The Hall–Kier alpha value is -0.510. The van der Waals surface area contributed by atoms with Gasteiger partial charge in [0.05, 0.1) is 6.04 Å². The summed E-state index contributed by atoms with van der Waals surface area (Å²) in [6.45, 7) is 4.19. The number of anilines is 1. The third kappa shape index (κ3) is 3.53. The molecule has 1 unspecified atom stereocenters. The average molecular weight is 404 g/mol. The summed E-state index contributed by atoms with van der Waals surface area (Å²) in [7, 11) is 0. The van der Waals surface area contributed by atoms with E-state index >= 15 is 0 Å². The Morgan fingerprint density at radius 3 is 2.58 bits per heavy atom. The highest BCUT2D eigenvalue weighted by Gasteiger charge is 2.11. The molecule has 0 heterocycles. The number of halogens is 3. The fraction of sp³-hybridized carbons (Fsp3) is 0.200. The number of hydrogen-bond acceptors (Lipinski definition) is 1. The van der Waals surface area contributed by atoms with E-state index in [4.69, 9.17) is 11.6 Å². The smallest absolute Gasteiger partial charge is 0.0500 e. The zero-order valence-corrected chi connectivity index (χ0v) is 14.6. The van der Waals surface area contributed by atoms with Gasteiger partial charge in [-0.2, -0.15) is 0 Å². The van der Waals surface area contributed by atoms with Crippen LogP contribution in [-0.4, -0.2) is 0 Å². The van der Waals surface area contributed by atoms with Gasteiger partial charge in [-0.05, 0) is 49.2 Å². The third-order valence-corrected chi connectivity index (χ3v) is 4.75. The molecule has 0 saturated carbocycles. The predicted octanol–water partition coefficient (Wildman–Crippen LogP) is 6.35. The van der Waals surface area contributed by atoms with Crippen LogP contribution in [0.5, 0.6) is 0 Å². The Kier molecular flexibility index (Phi) is 4.93. The Bertz CT molecular complexity index is 599. The molecule has 0 spiro atoms. The molecule has 0 saturated heterocycles. The summed E-state index contributed by atoms with van der Waals surface area (Å²) in [6.07, 6.45) is 0. The van der Waals surface area contributed by atoms with Gasteiger partial charge in [-0.1, -0.05) is 55.6 Å². The first-order valence-electron chi connectivity index (χ1n) is 5.95. The molecule has 2 rings (SSSR count). The predicted molar refractivity (Wildman–Crippen MR) is 90.1 cm³/mol. The largest absolute Gasteiger partial charge is 0.378 e. The maximum Gasteiger partial charge on any atom is 0.0500 e. The van der Waals surface area contributed by atoms with E-state index in [0.717, 1.165) is 25.2 Å². The lowest BCUT2D eigenvalue weighted by Crippen LogP contribution is -2.08. The summed E-state index contributed by atoms with van der Waals surface area (Å²) in [5, 5.41) is 4.26. The summed E-state index contributed by atoms with van der Waals surface area (Å²) >= 11 is 13.2. The molecule has 0 aliphatic rings. The molecule has 1 atom stereocenters. The lowest BCUT2D eigenvalue weighted by molar-refractivity contribution is 0.882. The number of hydrogen-bond donors (Lipinski definition) is 1. The molecule has 0 bridgehead atoms. The number of nitrogens with one attached hydrogen (secondary N) is 1. The Morgan fingerprint density at radius 2 is 1.89 bits per heavy atom. The average Bonchev–Trinajstić information content (AvgIpc) is 2.34. The van der Waals surface area contributed by atoms with Crippen molar-refractivity contribution in [2.24, 2.45) is 0 Å². The van der Waals surface area contributed by atoms with E-state index in [9.17, 15) is 0 Å². The minimum Gasteiger partial charge on any atom is -0.378 e. The topological polar surface area (TPSA) is 12.0 Å². The molecular formula is C15H14Br2ClN. The second-order valence-corrected chi connectivity index (χ2v) is 6.62. The highest BCUT2D eigenvalue weighted by Crippen LogP contribution is 2.31. The summed E-state index contributed by atoms with van der Waals surface area (Å²) < 4.78 is 2.10. The second kappa shape index (κ2) is 6.29. The second-order valence-electron chi connectivity index (χ2n) is 4.44. The van der Waals surface area contributed by atoms with Gasteiger partial charge in [0.15, 0.2) is 0 Å². The number of rotatable bonds is 3. The molecular weight excluding hydrogens is 389 g/mol. The van der Waals surface area contributed by atoms with Crippen LogP contribution in [0.1, 0.15) is 24.1 Å². The van der Waals surface area contributed by atoms with Gasteiger partial charge in [0.1, 0.15) is 0 Å². The maximum atomic E-state index is 6.28. The van der Waals surface area contributed by atoms with Gasteiger partial charge in [0.2, 0.25) is 0 Å². The van der Waals surface area contributed by atoms with Crippen LogP contribution < -0.4 is 5.32 Å². The summed E-state index contributed by atoms with van der Waals surface area (Å²) in [4.78, 5) is 0. The first-order chi connectivity index (χ1) is 8.99. The third-order valence-electron chi connectivity index (χ3n) is 3.07. The van der Waals surface area contributed by atoms with E-state index in [1.54, 1.807) is 0 Å². The first-order valence-corrected chi connectivity index (χ1v) is 7.92. The van der Waals surface area contributed by atoms with Crippen molar-refractivity contribution in [3.63, 3.8) is 0 Å². The standard InChI is InChI=1S/C15H14Br2ClN/c1-9-13(17)4-3-5-15(9)19-10(2)12-7-6-11(16)8-14(12)18/h3-8,10,19H,1-2H3. The zero-order chi connectivity index (χ0) is 14.0. The van der Waals surface area contributed by atoms with E-state index in [0.29, 0.717) is 0 Å². The molecule has 4 heteroatoms. The van der Waals surface area contributed by atoms with Crippen LogP contribution in [0.15, 0.2) is 45.3 Å². The quantitative estimate of drug-likeness (QED) is 0.630. The first kappa shape index (κ1) is 14.9. The summed E-state index contributed by atoms with van der Waals surface area (Å²) in [5.74, 6) is 0. The summed E-state index contributed by atoms with van der Waals surface area (Å²) in [5.41, 5.74) is 3.40. The van der Waals surface area contributed by atoms with Crippen molar-refractivity contribution in [1.29, 1.82) is 0 Å². The molecule has 0 radical (unpaired) electrons. The van der Waals surface area contributed by atoms with Crippen LogP contribution in [0.4, 0.5) is 5.69 Å². The molecule has 2 aromatic carbocycles. The van der Waals surface area contributed by atoms with E-state index in [-0.39, 0.29) is 6.04 Å². The molecule has 0 aliphatic heterocycles. The van der Waals surface area contributed by atoms with Gasteiger partial charge in [0, 0.05) is 19.7 Å². The fourth-order valence-corrected chi connectivity index (χ4v) is 3.13. The Balaban J connectivity index is 2.25. The molecule has 0 fully saturated rings. The van der Waals surface area contributed by atoms with Gasteiger partial charge in [-0.3, -0.25) is 0 Å². The SMILES string of the molecule is Cc1c(Br)cccc1NC(C)c1ccc(Br)cc1Cl. The number of benzene rings is 2. The molecule has 100 valence electrons. The van der Waals surface area contributed by atoms with Gasteiger partial charge >= 0.3 is 0 Å². The fourth-order valence-electron chi connectivity index (χ4n) is 1.93. The van der Waals surface area contributed by atoms with Crippen molar-refractivity contribution in [1.82, 2.24) is 0 Å². The zero-order valence-electron chi connectivity index (χ0n) is 10.7. The van der Waals surface area contributed by atoms with Crippen molar-refractivity contribution in [2.75, 3.05) is 5.32 Å². The Morgan fingerprint density at radius 1 is 1.16 bits per heavy atom. The van der Waals surface area contributed by atoms with Crippen LogP contribution >= 0.6 is 43.5 Å². The van der Waals surface area contributed by atoms with Gasteiger partial charge in [-0.25, -0.2) is 0 Å². The van der Waals surface area contributed by atoms with E-state index < -0.39 is 0 Å². The lowest BCUT2D eigenvalue weighted by atomic mass is 10.1. The van der Waals surface area contributed by atoms with E-state index in [2.05, 4.69) is 57.1 Å². The van der Waals surface area contributed by atoms with E-state index in [1.165, 1.54) is 5.56 Å². The monoisotopic (exact) mass is 401 g/mol. The molecule has 1 nitrogen and oxygen atoms in total. The van der Waals surface area contributed by atoms with Crippen LogP contribution in [0.2, 0.25) is 5.02 Å². The van der Waals surface area contributed by atoms with Crippen LogP contribution in [-0.2, 0) is 0 Å². The molecule has 19 heavy (non-hydrogen) atoms. The molecule has 1 N–H and O–H groups in total. The van der Waals surface area contributed by atoms with Crippen molar-refractivity contribution in [2.45, 2.75) is 19.9 Å². The molecule has 2 aromatic rings. The maximum absolute atomic E-state index is 6.28. The highest BCUT2D eigenvalue weighted by atomic mass is 79.9.